The van der Waals surface area contributed by atoms with Gasteiger partial charge >= 0.3 is 12.1 Å². The van der Waals surface area contributed by atoms with Crippen LogP contribution in [-0.4, -0.2) is 49.5 Å². The highest BCUT2D eigenvalue weighted by Gasteiger charge is 2.33. The zero-order valence-corrected chi connectivity index (χ0v) is 28.3. The normalized spacial score (nSPS) is 17.3. The van der Waals surface area contributed by atoms with E-state index in [9.17, 15) is 18.0 Å². The number of hydrogen-bond donors (Lipinski definition) is 5. The fourth-order valence-electron chi connectivity index (χ4n) is 6.52. The Morgan fingerprint density at radius 3 is 2.58 bits per heavy atom. The summed E-state index contributed by atoms with van der Waals surface area (Å²) in [5.41, 5.74) is 9.71. The zero-order valence-electron chi connectivity index (χ0n) is 28.3. The van der Waals surface area contributed by atoms with E-state index in [-0.39, 0.29) is 29.0 Å². The minimum Gasteiger partial charge on any atom is -0.403 e. The van der Waals surface area contributed by atoms with E-state index in [2.05, 4.69) is 35.3 Å². The summed E-state index contributed by atoms with van der Waals surface area (Å²) in [7, 11) is 0. The maximum atomic E-state index is 15.5. The van der Waals surface area contributed by atoms with Crippen LogP contribution in [0.15, 0.2) is 53.5 Å². The van der Waals surface area contributed by atoms with Crippen LogP contribution in [0, 0.1) is 19.7 Å². The summed E-state index contributed by atoms with van der Waals surface area (Å²) < 4.78 is 60.3. The molecule has 0 bridgehead atoms. The van der Waals surface area contributed by atoms with Gasteiger partial charge in [-0.05, 0) is 101 Å². The van der Waals surface area contributed by atoms with Gasteiger partial charge in [0.05, 0.1) is 17.1 Å². The molecule has 1 saturated heterocycles. The monoisotopic (exact) mass is 694 g/mol. The number of H-pyrrole nitrogens is 2. The summed E-state index contributed by atoms with van der Waals surface area (Å²) in [6.07, 6.45) is 2.27. The molecule has 0 radical (unpaired) electrons. The summed E-state index contributed by atoms with van der Waals surface area (Å²) in [5.74, 6) is -1.31. The number of benzene rings is 2. The van der Waals surface area contributed by atoms with E-state index in [1.165, 1.54) is 10.6 Å². The summed E-state index contributed by atoms with van der Waals surface area (Å²) in [5, 5.41) is 7.62. The van der Waals surface area contributed by atoms with Gasteiger partial charge in [-0.15, -0.1) is 13.2 Å². The Hall–Kier alpha value is -4.69. The molecule has 10 nitrogen and oxygen atoms in total. The van der Waals surface area contributed by atoms with Crippen molar-refractivity contribution in [2.24, 2.45) is 5.73 Å². The predicted octanol–water partition coefficient (Wildman–Crippen LogP) is 7.11. The molecule has 0 spiro atoms. The number of aromatic nitrogens is 5. The largest absolute Gasteiger partial charge is 0.573 e. The van der Waals surface area contributed by atoms with Crippen LogP contribution in [0.5, 0.6) is 5.75 Å². The standard InChI is InChI=1S/C36H42F4N8O2/c1-20(41)6-4-7-23-16-28(32(37)31(17-23)50-36(38,39)40)30-18-25-19-48(35(49)47-33(25)46-30)27-12-10-24(11-13-27)29-9-5-8-26(45-29)14-15-42-34-43-21(2)22(3)44-34/h10-13,16-20,26,29,45H,4-9,14-15,41H2,1-3H3,(H2,42,43,44)(H,46,47,49)/t20-,26?,29+/m0/s1. The quantitative estimate of drug-likeness (QED) is 0.0878. The van der Waals surface area contributed by atoms with Gasteiger partial charge < -0.3 is 31.1 Å². The molecule has 1 aliphatic heterocycles. The molecule has 1 unspecified atom stereocenters. The molecule has 4 heterocycles. The molecular formula is C36H42F4N8O2. The van der Waals surface area contributed by atoms with Crippen molar-refractivity contribution < 1.29 is 22.3 Å². The van der Waals surface area contributed by atoms with Crippen LogP contribution in [0.25, 0.3) is 28.0 Å². The highest BCUT2D eigenvalue weighted by Crippen LogP contribution is 2.35. The molecule has 6 N–H and O–H groups in total. The number of fused-ring (bicyclic) bond motifs is 1. The highest BCUT2D eigenvalue weighted by molar-refractivity contribution is 5.83. The van der Waals surface area contributed by atoms with Crippen molar-refractivity contribution in [1.29, 1.82) is 0 Å². The number of piperidine rings is 1. The molecule has 1 fully saturated rings. The van der Waals surface area contributed by atoms with E-state index in [0.29, 0.717) is 41.9 Å². The summed E-state index contributed by atoms with van der Waals surface area (Å²) in [4.78, 5) is 27.9. The van der Waals surface area contributed by atoms with Crippen molar-refractivity contribution in [3.8, 4) is 22.7 Å². The maximum absolute atomic E-state index is 15.5. The maximum Gasteiger partial charge on any atom is 0.573 e. The van der Waals surface area contributed by atoms with E-state index in [1.807, 2.05) is 45.0 Å². The van der Waals surface area contributed by atoms with Crippen molar-refractivity contribution in [3.05, 3.63) is 87.5 Å². The van der Waals surface area contributed by atoms with Gasteiger partial charge in [-0.3, -0.25) is 4.57 Å². The van der Waals surface area contributed by atoms with Crippen molar-refractivity contribution in [1.82, 2.24) is 29.8 Å². The molecule has 6 rings (SSSR count). The Balaban J connectivity index is 1.19. The Kier molecular flexibility index (Phi) is 10.3. The minimum absolute atomic E-state index is 0.0820. The number of nitrogens with one attached hydrogen (secondary N) is 4. The van der Waals surface area contributed by atoms with Crippen LogP contribution in [-0.2, 0) is 6.42 Å². The summed E-state index contributed by atoms with van der Waals surface area (Å²) in [6, 6.07) is 12.3. The molecule has 50 heavy (non-hydrogen) atoms. The average Bonchev–Trinajstić information content (AvgIpc) is 3.62. The first-order chi connectivity index (χ1) is 23.8. The molecule has 266 valence electrons. The Labute approximate surface area is 286 Å². The average molecular weight is 695 g/mol. The number of imidazole rings is 1. The number of alkyl halides is 3. The van der Waals surface area contributed by atoms with Crippen molar-refractivity contribution >= 4 is 17.0 Å². The van der Waals surface area contributed by atoms with Crippen LogP contribution >= 0.6 is 0 Å². The summed E-state index contributed by atoms with van der Waals surface area (Å²) in [6.45, 7) is 6.61. The van der Waals surface area contributed by atoms with Crippen LogP contribution < -0.4 is 26.8 Å². The molecule has 0 aliphatic carbocycles. The first-order valence-electron chi connectivity index (χ1n) is 16.9. The van der Waals surface area contributed by atoms with Crippen molar-refractivity contribution in [2.45, 2.75) is 90.2 Å². The van der Waals surface area contributed by atoms with Gasteiger partial charge in [-0.2, -0.15) is 4.98 Å². The number of nitrogens with two attached hydrogens (primary N) is 1. The van der Waals surface area contributed by atoms with E-state index in [1.54, 1.807) is 12.3 Å². The van der Waals surface area contributed by atoms with Crippen molar-refractivity contribution in [3.63, 3.8) is 0 Å². The Bertz CT molecular complexity index is 1980. The molecular weight excluding hydrogens is 652 g/mol. The van der Waals surface area contributed by atoms with Crippen molar-refractivity contribution in [2.75, 3.05) is 11.9 Å². The van der Waals surface area contributed by atoms with Crippen LogP contribution in [0.4, 0.5) is 23.5 Å². The smallest absolute Gasteiger partial charge is 0.403 e. The molecule has 5 aromatic rings. The summed E-state index contributed by atoms with van der Waals surface area (Å²) >= 11 is 0. The fourth-order valence-corrected chi connectivity index (χ4v) is 6.52. The van der Waals surface area contributed by atoms with E-state index >= 15 is 4.39 Å². The number of aryl methyl sites for hydroxylation is 3. The third kappa shape index (κ3) is 8.36. The van der Waals surface area contributed by atoms with Gasteiger partial charge in [0.15, 0.2) is 11.6 Å². The molecule has 2 aromatic carbocycles. The number of rotatable bonds is 12. The first kappa shape index (κ1) is 35.1. The number of halogens is 4. The second-order valence-corrected chi connectivity index (χ2v) is 13.2. The zero-order chi connectivity index (χ0) is 35.6. The minimum atomic E-state index is -5.07. The third-order valence-electron chi connectivity index (χ3n) is 9.22. The number of nitrogens with zero attached hydrogens (tertiary/aromatic N) is 3. The fraction of sp³-hybridized carbons (Fsp3) is 0.417. The Morgan fingerprint density at radius 1 is 1.10 bits per heavy atom. The molecule has 1 aliphatic rings. The number of aromatic amines is 2. The molecule has 3 atom stereocenters. The van der Waals surface area contributed by atoms with Gasteiger partial charge in [0.2, 0.25) is 5.95 Å². The molecule has 0 amide bonds. The Morgan fingerprint density at radius 2 is 1.88 bits per heavy atom. The second kappa shape index (κ2) is 14.7. The predicted molar refractivity (Wildman–Crippen MR) is 185 cm³/mol. The SMILES string of the molecule is Cc1nc(NCCC2CCC[C@H](c3ccc(-n4cc5cc(-c6cc(CCC[C@H](C)N)cc(OC(F)(F)F)c6F)[nH]c5nc4=O)cc3)N2)[nH]c1C. The van der Waals surface area contributed by atoms with Crippen LogP contribution in [0.1, 0.15) is 74.0 Å². The highest BCUT2D eigenvalue weighted by atomic mass is 19.4. The lowest BCUT2D eigenvalue weighted by atomic mass is 9.92. The van der Waals surface area contributed by atoms with Gasteiger partial charge in [0, 0.05) is 47.5 Å². The first-order valence-corrected chi connectivity index (χ1v) is 16.9. The second-order valence-electron chi connectivity index (χ2n) is 13.2. The van der Waals surface area contributed by atoms with Gasteiger partial charge in [0.1, 0.15) is 5.65 Å². The lowest BCUT2D eigenvalue weighted by Gasteiger charge is -2.31. The van der Waals surface area contributed by atoms with E-state index in [0.717, 1.165) is 61.2 Å². The van der Waals surface area contributed by atoms with Gasteiger partial charge in [0.25, 0.3) is 0 Å². The molecule has 14 heteroatoms. The van der Waals surface area contributed by atoms with Gasteiger partial charge in [-0.25, -0.2) is 14.2 Å². The van der Waals surface area contributed by atoms with E-state index in [4.69, 9.17) is 5.73 Å². The number of hydrogen-bond acceptors (Lipinski definition) is 7. The molecule has 0 saturated carbocycles. The number of anilines is 1. The van der Waals surface area contributed by atoms with Crippen LogP contribution in [0.3, 0.4) is 0 Å². The lowest BCUT2D eigenvalue weighted by molar-refractivity contribution is -0.275. The van der Waals surface area contributed by atoms with E-state index < -0.39 is 23.6 Å². The third-order valence-corrected chi connectivity index (χ3v) is 9.22. The van der Waals surface area contributed by atoms with Crippen LogP contribution in [0.2, 0.25) is 0 Å². The number of ether oxygens (including phenoxy) is 1. The van der Waals surface area contributed by atoms with Gasteiger partial charge in [-0.1, -0.05) is 18.6 Å². The topological polar surface area (TPSA) is 139 Å². The molecule has 3 aromatic heterocycles. The lowest BCUT2D eigenvalue weighted by Crippen LogP contribution is -2.38.